The van der Waals surface area contributed by atoms with E-state index in [0.717, 1.165) is 45.5 Å². The number of rotatable bonds is 6. The average molecular weight is 436 g/mol. The van der Waals surface area contributed by atoms with E-state index in [9.17, 15) is 4.79 Å². The van der Waals surface area contributed by atoms with Gasteiger partial charge in [0.05, 0.1) is 0 Å². The van der Waals surface area contributed by atoms with Crippen molar-refractivity contribution < 1.29 is 9.53 Å². The molecule has 0 saturated heterocycles. The Kier molecular flexibility index (Phi) is 7.55. The molecule has 3 heteroatoms. The number of H-pyrrole nitrogens is 1. The third kappa shape index (κ3) is 5.50. The first-order valence-electron chi connectivity index (χ1n) is 11.5. The zero-order valence-electron chi connectivity index (χ0n) is 18.9. The maximum atomic E-state index is 12.6. The van der Waals surface area contributed by atoms with Crippen LogP contribution in [-0.4, -0.2) is 11.0 Å². The molecule has 0 saturated carbocycles. The Bertz CT molecular complexity index is 1200. The molecule has 4 aromatic carbocycles. The number of benzene rings is 4. The van der Waals surface area contributed by atoms with Gasteiger partial charge >= 0.3 is 5.97 Å². The van der Waals surface area contributed by atoms with E-state index in [-0.39, 0.29) is 5.97 Å². The van der Waals surface area contributed by atoms with E-state index in [1.54, 1.807) is 0 Å². The monoisotopic (exact) mass is 435 g/mol. The van der Waals surface area contributed by atoms with Crippen LogP contribution >= 0.6 is 0 Å². The van der Waals surface area contributed by atoms with Crippen LogP contribution in [0.2, 0.25) is 0 Å². The smallest absolute Gasteiger partial charge is 0.306 e. The Morgan fingerprint density at radius 1 is 0.727 bits per heavy atom. The third-order valence-corrected chi connectivity index (χ3v) is 5.69. The summed E-state index contributed by atoms with van der Waals surface area (Å²) in [4.78, 5) is 15.5. The Hall–Kier alpha value is -3.85. The second-order valence-electron chi connectivity index (χ2n) is 8.00. The van der Waals surface area contributed by atoms with Crippen LogP contribution < -0.4 is 0 Å². The zero-order chi connectivity index (χ0) is 22.9. The van der Waals surface area contributed by atoms with Crippen LogP contribution in [0.4, 0.5) is 0 Å². The fourth-order valence-corrected chi connectivity index (χ4v) is 4.04. The van der Waals surface area contributed by atoms with Gasteiger partial charge in [0.15, 0.2) is 6.10 Å². The number of carbonyl (C=O) groups excluding carboxylic acids is 1. The molecule has 33 heavy (non-hydrogen) atoms. The number of carbonyl (C=O) groups is 1. The molecule has 0 aliphatic heterocycles. The van der Waals surface area contributed by atoms with Crippen molar-refractivity contribution in [2.45, 2.75) is 32.3 Å². The minimum absolute atomic E-state index is 0.146. The maximum absolute atomic E-state index is 12.6. The molecule has 5 rings (SSSR count). The molecule has 1 N–H and O–H groups in total. The first-order chi connectivity index (χ1) is 16.3. The van der Waals surface area contributed by atoms with Gasteiger partial charge in [-0.15, -0.1) is 0 Å². The predicted octanol–water partition coefficient (Wildman–Crippen LogP) is 7.83. The van der Waals surface area contributed by atoms with Crippen LogP contribution in [0, 0.1) is 0 Å². The van der Waals surface area contributed by atoms with Gasteiger partial charge < -0.3 is 9.72 Å². The first-order valence-corrected chi connectivity index (χ1v) is 11.5. The van der Waals surface area contributed by atoms with Crippen LogP contribution in [0.25, 0.3) is 21.5 Å². The Morgan fingerprint density at radius 3 is 1.73 bits per heavy atom. The quantitative estimate of drug-likeness (QED) is 0.276. The van der Waals surface area contributed by atoms with Gasteiger partial charge in [0.25, 0.3) is 0 Å². The van der Waals surface area contributed by atoms with Crippen molar-refractivity contribution in [1.82, 2.24) is 4.98 Å². The third-order valence-electron chi connectivity index (χ3n) is 5.69. The minimum Gasteiger partial charge on any atom is -0.452 e. The standard InChI is InChI=1S/C26H24O2.C4H5N/c1-2-3-18-25(27)28-26(23-16-8-12-19-10-4-6-14-21(19)23)24-17-9-13-20-11-5-7-15-22(20)24;1-2-4-5-3-1/h4-17,26H,2-3,18H2,1H3;1-5H. The highest BCUT2D eigenvalue weighted by Gasteiger charge is 2.22. The Morgan fingerprint density at radius 2 is 1.24 bits per heavy atom. The fraction of sp³-hybridized carbons (Fsp3) is 0.167. The van der Waals surface area contributed by atoms with Gasteiger partial charge in [-0.2, -0.15) is 0 Å². The molecule has 0 atom stereocenters. The molecule has 0 spiro atoms. The topological polar surface area (TPSA) is 42.1 Å². The number of aromatic amines is 1. The zero-order valence-corrected chi connectivity index (χ0v) is 18.9. The summed E-state index contributed by atoms with van der Waals surface area (Å²) in [5, 5.41) is 4.53. The van der Waals surface area contributed by atoms with Gasteiger partial charge in [-0.25, -0.2) is 0 Å². The van der Waals surface area contributed by atoms with Crippen molar-refractivity contribution >= 4 is 27.5 Å². The summed E-state index contributed by atoms with van der Waals surface area (Å²) in [7, 11) is 0. The molecular formula is C30H29NO2. The number of hydrogen-bond acceptors (Lipinski definition) is 2. The molecule has 5 aromatic rings. The molecule has 0 amide bonds. The maximum Gasteiger partial charge on any atom is 0.306 e. The summed E-state index contributed by atoms with van der Waals surface area (Å²) < 4.78 is 6.10. The fourth-order valence-electron chi connectivity index (χ4n) is 4.04. The molecule has 0 radical (unpaired) electrons. The summed E-state index contributed by atoms with van der Waals surface area (Å²) in [6.07, 6.45) is 5.59. The predicted molar refractivity (Wildman–Crippen MR) is 136 cm³/mol. The normalized spacial score (nSPS) is 10.7. The molecule has 1 heterocycles. The Balaban J connectivity index is 0.000000459. The molecule has 0 bridgehead atoms. The van der Waals surface area contributed by atoms with Crippen molar-refractivity contribution in [3.05, 3.63) is 121 Å². The summed E-state index contributed by atoms with van der Waals surface area (Å²) >= 11 is 0. The van der Waals surface area contributed by atoms with Crippen molar-refractivity contribution in [2.24, 2.45) is 0 Å². The summed E-state index contributed by atoms with van der Waals surface area (Å²) in [6, 6.07) is 32.8. The lowest BCUT2D eigenvalue weighted by Crippen LogP contribution is -2.13. The van der Waals surface area contributed by atoms with Crippen LogP contribution in [0.1, 0.15) is 43.4 Å². The van der Waals surface area contributed by atoms with Gasteiger partial charge in [-0.05, 0) is 40.1 Å². The van der Waals surface area contributed by atoms with E-state index >= 15 is 0 Å². The van der Waals surface area contributed by atoms with Gasteiger partial charge in [0.2, 0.25) is 0 Å². The highest BCUT2D eigenvalue weighted by atomic mass is 16.5. The molecule has 0 fully saturated rings. The molecule has 0 aliphatic rings. The molecule has 1 aromatic heterocycles. The van der Waals surface area contributed by atoms with Crippen molar-refractivity contribution in [3.8, 4) is 0 Å². The van der Waals surface area contributed by atoms with Crippen molar-refractivity contribution in [1.29, 1.82) is 0 Å². The highest BCUT2D eigenvalue weighted by Crippen LogP contribution is 2.35. The molecule has 0 unspecified atom stereocenters. The van der Waals surface area contributed by atoms with E-state index in [1.165, 1.54) is 0 Å². The summed E-state index contributed by atoms with van der Waals surface area (Å²) in [5.74, 6) is -0.146. The largest absolute Gasteiger partial charge is 0.452 e. The molecule has 166 valence electrons. The number of ether oxygens (including phenoxy) is 1. The summed E-state index contributed by atoms with van der Waals surface area (Å²) in [6.45, 7) is 2.08. The number of unbranched alkanes of at least 4 members (excludes halogenated alkanes) is 1. The summed E-state index contributed by atoms with van der Waals surface area (Å²) in [5.41, 5.74) is 2.05. The number of fused-ring (bicyclic) bond motifs is 2. The van der Waals surface area contributed by atoms with Gasteiger partial charge in [-0.3, -0.25) is 4.79 Å². The van der Waals surface area contributed by atoms with E-state index in [4.69, 9.17) is 4.74 Å². The van der Waals surface area contributed by atoms with Crippen LogP contribution in [0.3, 0.4) is 0 Å². The number of nitrogens with one attached hydrogen (secondary N) is 1. The lowest BCUT2D eigenvalue weighted by atomic mass is 9.92. The van der Waals surface area contributed by atoms with E-state index in [0.29, 0.717) is 6.42 Å². The molecule has 0 aliphatic carbocycles. The van der Waals surface area contributed by atoms with Crippen LogP contribution in [0.15, 0.2) is 109 Å². The van der Waals surface area contributed by atoms with E-state index < -0.39 is 6.10 Å². The Labute approximate surface area is 195 Å². The molecule has 3 nitrogen and oxygen atoms in total. The van der Waals surface area contributed by atoms with Gasteiger partial charge in [-0.1, -0.05) is 98.3 Å². The lowest BCUT2D eigenvalue weighted by Gasteiger charge is -2.22. The second kappa shape index (κ2) is 11.1. The van der Waals surface area contributed by atoms with E-state index in [1.807, 2.05) is 60.9 Å². The van der Waals surface area contributed by atoms with Crippen molar-refractivity contribution in [2.75, 3.05) is 0 Å². The first kappa shape index (κ1) is 22.3. The highest BCUT2D eigenvalue weighted by molar-refractivity contribution is 5.90. The van der Waals surface area contributed by atoms with Gasteiger partial charge in [0.1, 0.15) is 0 Å². The SMILES string of the molecule is CCCCC(=O)OC(c1cccc2ccccc12)c1cccc2ccccc12.c1cc[nH]c1. The number of esters is 1. The number of hydrogen-bond donors (Lipinski definition) is 1. The average Bonchev–Trinajstić information content (AvgIpc) is 3.46. The lowest BCUT2D eigenvalue weighted by molar-refractivity contribution is -0.147. The second-order valence-corrected chi connectivity index (χ2v) is 8.00. The minimum atomic E-state index is -0.429. The van der Waals surface area contributed by atoms with Gasteiger partial charge in [0, 0.05) is 29.9 Å². The van der Waals surface area contributed by atoms with E-state index in [2.05, 4.69) is 60.4 Å². The van der Waals surface area contributed by atoms with Crippen molar-refractivity contribution in [3.63, 3.8) is 0 Å². The number of aromatic nitrogens is 1. The molecular weight excluding hydrogens is 406 g/mol. The van der Waals surface area contributed by atoms with Crippen LogP contribution in [-0.2, 0) is 9.53 Å². The van der Waals surface area contributed by atoms with Crippen LogP contribution in [0.5, 0.6) is 0 Å².